The first kappa shape index (κ1) is 18.7. The SMILES string of the molecule is COc1ccc(C(C#N)c2ncc(C(F)(F)F)cc2Cl)c(Cl)c1Cl. The Bertz CT molecular complexity index is 819. The number of halogens is 6. The Morgan fingerprint density at radius 3 is 2.38 bits per heavy atom. The maximum Gasteiger partial charge on any atom is 0.417 e. The average Bonchev–Trinajstić information content (AvgIpc) is 2.52. The lowest BCUT2D eigenvalue weighted by atomic mass is 9.96. The molecule has 0 bridgehead atoms. The lowest BCUT2D eigenvalue weighted by Crippen LogP contribution is -2.09. The van der Waals surface area contributed by atoms with Crippen molar-refractivity contribution >= 4 is 34.8 Å². The number of rotatable bonds is 3. The first-order chi connectivity index (χ1) is 11.2. The predicted molar refractivity (Wildman–Crippen MR) is 84.7 cm³/mol. The highest BCUT2D eigenvalue weighted by Crippen LogP contribution is 2.41. The third kappa shape index (κ3) is 3.54. The maximum absolute atomic E-state index is 12.7. The van der Waals surface area contributed by atoms with Crippen molar-refractivity contribution in [3.05, 3.63) is 56.3 Å². The zero-order chi connectivity index (χ0) is 18.1. The molecule has 0 saturated heterocycles. The summed E-state index contributed by atoms with van der Waals surface area (Å²) in [5.41, 5.74) is -0.791. The quantitative estimate of drug-likeness (QED) is 0.667. The minimum Gasteiger partial charge on any atom is -0.495 e. The molecule has 0 radical (unpaired) electrons. The Labute approximate surface area is 150 Å². The van der Waals surface area contributed by atoms with Crippen molar-refractivity contribution in [2.24, 2.45) is 0 Å². The van der Waals surface area contributed by atoms with Gasteiger partial charge < -0.3 is 4.74 Å². The van der Waals surface area contributed by atoms with Crippen LogP contribution in [0.15, 0.2) is 24.4 Å². The molecule has 0 spiro atoms. The van der Waals surface area contributed by atoms with Gasteiger partial charge in [0, 0.05) is 6.20 Å². The summed E-state index contributed by atoms with van der Waals surface area (Å²) in [6.45, 7) is 0. The van der Waals surface area contributed by atoms with Gasteiger partial charge in [-0.2, -0.15) is 18.4 Å². The minimum absolute atomic E-state index is 0.0420. The molecule has 1 atom stereocenters. The van der Waals surface area contributed by atoms with Gasteiger partial charge in [0.1, 0.15) is 16.7 Å². The van der Waals surface area contributed by atoms with Crippen molar-refractivity contribution in [3.8, 4) is 11.8 Å². The van der Waals surface area contributed by atoms with Crippen LogP contribution in [0.25, 0.3) is 0 Å². The third-order valence-corrected chi connectivity index (χ3v) is 4.39. The van der Waals surface area contributed by atoms with E-state index >= 15 is 0 Å². The van der Waals surface area contributed by atoms with E-state index in [2.05, 4.69) is 4.98 Å². The molecule has 0 fully saturated rings. The Morgan fingerprint density at radius 1 is 1.21 bits per heavy atom. The summed E-state index contributed by atoms with van der Waals surface area (Å²) in [6.07, 6.45) is -3.97. The summed E-state index contributed by atoms with van der Waals surface area (Å²) < 4.78 is 43.1. The van der Waals surface area contributed by atoms with Crippen LogP contribution in [0.1, 0.15) is 22.7 Å². The molecule has 1 unspecified atom stereocenters. The molecular weight excluding hydrogens is 388 g/mol. The lowest BCUT2D eigenvalue weighted by molar-refractivity contribution is -0.137. The fourth-order valence-corrected chi connectivity index (χ4v) is 2.81. The number of pyridine rings is 1. The Morgan fingerprint density at radius 2 is 1.88 bits per heavy atom. The fraction of sp³-hybridized carbons (Fsp3) is 0.200. The molecule has 24 heavy (non-hydrogen) atoms. The summed E-state index contributed by atoms with van der Waals surface area (Å²) in [4.78, 5) is 3.70. The van der Waals surface area contributed by atoms with Crippen molar-refractivity contribution in [3.63, 3.8) is 0 Å². The third-order valence-electron chi connectivity index (χ3n) is 3.21. The number of nitrogens with zero attached hydrogens (tertiary/aromatic N) is 2. The molecule has 2 aromatic rings. The standard InChI is InChI=1S/C15H8Cl3F3N2O/c1-24-11-3-2-8(12(17)13(11)18)9(5-22)14-10(16)4-7(6-23-14)15(19,20)21/h2-4,6,9H,1H3. The van der Waals surface area contributed by atoms with Gasteiger partial charge in [0.25, 0.3) is 0 Å². The molecule has 0 saturated carbocycles. The monoisotopic (exact) mass is 394 g/mol. The van der Waals surface area contributed by atoms with Crippen molar-refractivity contribution in [1.29, 1.82) is 5.26 Å². The molecule has 1 aromatic carbocycles. The second-order valence-electron chi connectivity index (χ2n) is 4.64. The topological polar surface area (TPSA) is 45.9 Å². The molecule has 9 heteroatoms. The molecule has 3 nitrogen and oxygen atoms in total. The summed E-state index contributed by atoms with van der Waals surface area (Å²) in [5.74, 6) is -0.788. The maximum atomic E-state index is 12.7. The second kappa shape index (κ2) is 7.06. The zero-order valence-corrected chi connectivity index (χ0v) is 14.2. The molecule has 0 N–H and O–H groups in total. The first-order valence-corrected chi connectivity index (χ1v) is 7.48. The number of aromatic nitrogens is 1. The summed E-state index contributed by atoms with van der Waals surface area (Å²) in [7, 11) is 1.40. The van der Waals surface area contributed by atoms with Gasteiger partial charge >= 0.3 is 6.18 Å². The molecule has 126 valence electrons. The predicted octanol–water partition coefficient (Wildman–Crippen LogP) is 5.72. The van der Waals surface area contributed by atoms with Gasteiger partial charge in [-0.1, -0.05) is 40.9 Å². The number of ether oxygens (including phenoxy) is 1. The van der Waals surface area contributed by atoms with Crippen LogP contribution in [0.5, 0.6) is 5.75 Å². The van der Waals surface area contributed by atoms with Crippen molar-refractivity contribution in [2.45, 2.75) is 12.1 Å². The summed E-state index contributed by atoms with van der Waals surface area (Å²) >= 11 is 18.1. The highest BCUT2D eigenvalue weighted by atomic mass is 35.5. The Kier molecular flexibility index (Phi) is 5.49. The van der Waals surface area contributed by atoms with Crippen LogP contribution < -0.4 is 4.74 Å². The van der Waals surface area contributed by atoms with Crippen molar-refractivity contribution < 1.29 is 17.9 Å². The highest BCUT2D eigenvalue weighted by Gasteiger charge is 2.33. The van der Waals surface area contributed by atoms with E-state index in [-0.39, 0.29) is 26.3 Å². The van der Waals surface area contributed by atoms with Crippen molar-refractivity contribution in [2.75, 3.05) is 7.11 Å². The molecule has 1 heterocycles. The van der Waals surface area contributed by atoms with Gasteiger partial charge in [0.05, 0.1) is 34.5 Å². The molecule has 0 amide bonds. The second-order valence-corrected chi connectivity index (χ2v) is 5.80. The number of hydrogen-bond acceptors (Lipinski definition) is 3. The first-order valence-electron chi connectivity index (χ1n) is 6.34. The van der Waals surface area contributed by atoms with Crippen molar-refractivity contribution in [1.82, 2.24) is 4.98 Å². The van der Waals surface area contributed by atoms with E-state index in [0.29, 0.717) is 18.0 Å². The molecule has 1 aromatic heterocycles. The molecular formula is C15H8Cl3F3N2O. The van der Waals surface area contributed by atoms with Crippen LogP contribution >= 0.6 is 34.8 Å². The number of benzene rings is 1. The molecule has 2 rings (SSSR count). The smallest absolute Gasteiger partial charge is 0.417 e. The van der Waals surface area contributed by atoms with Gasteiger partial charge in [-0.05, 0) is 17.7 Å². The molecule has 0 aliphatic rings. The van der Waals surface area contributed by atoms with Crippen LogP contribution in [-0.4, -0.2) is 12.1 Å². The van der Waals surface area contributed by atoms with Crippen LogP contribution in [0.3, 0.4) is 0 Å². The van der Waals surface area contributed by atoms with Crippen LogP contribution in [-0.2, 0) is 6.18 Å². The van der Waals surface area contributed by atoms with Crippen LogP contribution in [0, 0.1) is 11.3 Å². The normalized spacial score (nSPS) is 12.6. The Balaban J connectivity index is 2.55. The minimum atomic E-state index is -4.58. The van der Waals surface area contributed by atoms with E-state index in [1.807, 2.05) is 6.07 Å². The van der Waals surface area contributed by atoms with Gasteiger partial charge in [-0.25, -0.2) is 0 Å². The summed E-state index contributed by atoms with van der Waals surface area (Å²) in [5, 5.41) is 9.26. The highest BCUT2D eigenvalue weighted by molar-refractivity contribution is 6.43. The average molecular weight is 396 g/mol. The van der Waals surface area contributed by atoms with E-state index in [4.69, 9.17) is 39.5 Å². The van der Waals surface area contributed by atoms with Gasteiger partial charge in [-0.3, -0.25) is 4.98 Å². The van der Waals surface area contributed by atoms with Crippen LogP contribution in [0.2, 0.25) is 15.1 Å². The number of hydrogen-bond donors (Lipinski definition) is 0. The number of methoxy groups -OCH3 is 1. The van der Waals surface area contributed by atoms with Gasteiger partial charge in [-0.15, -0.1) is 0 Å². The largest absolute Gasteiger partial charge is 0.495 e. The van der Waals surface area contributed by atoms with E-state index in [0.717, 1.165) is 0 Å². The molecule has 0 aliphatic heterocycles. The number of alkyl halides is 3. The van der Waals surface area contributed by atoms with E-state index in [9.17, 15) is 18.4 Å². The van der Waals surface area contributed by atoms with E-state index in [1.165, 1.54) is 19.2 Å². The fourth-order valence-electron chi connectivity index (χ4n) is 2.02. The number of nitriles is 1. The lowest BCUT2D eigenvalue weighted by Gasteiger charge is -2.16. The van der Waals surface area contributed by atoms with E-state index in [1.54, 1.807) is 0 Å². The van der Waals surface area contributed by atoms with Crippen LogP contribution in [0.4, 0.5) is 13.2 Å². The van der Waals surface area contributed by atoms with E-state index < -0.39 is 17.7 Å². The summed E-state index contributed by atoms with van der Waals surface area (Å²) in [6, 6.07) is 5.62. The zero-order valence-electron chi connectivity index (χ0n) is 12.0. The van der Waals surface area contributed by atoms with Gasteiger partial charge in [0.15, 0.2) is 0 Å². The molecule has 0 aliphatic carbocycles. The Hall–Kier alpha value is -1.68. The van der Waals surface area contributed by atoms with Gasteiger partial charge in [0.2, 0.25) is 0 Å².